The molecule has 0 fully saturated rings. The van der Waals surface area contributed by atoms with Crippen LogP contribution in [0.15, 0.2) is 23.1 Å². The highest BCUT2D eigenvalue weighted by Gasteiger charge is 2.11. The molecule has 0 spiro atoms. The first-order valence-corrected chi connectivity index (χ1v) is 3.06. The van der Waals surface area contributed by atoms with Crippen molar-refractivity contribution < 1.29 is 8.78 Å². The van der Waals surface area contributed by atoms with Gasteiger partial charge in [0.2, 0.25) is 0 Å². The lowest BCUT2D eigenvalue weighted by Gasteiger charge is -1.99. The van der Waals surface area contributed by atoms with Gasteiger partial charge in [-0.1, -0.05) is 0 Å². The molecule has 1 rings (SSSR count). The molecule has 0 N–H and O–H groups in total. The first kappa shape index (κ1) is 7.91. The number of pyridine rings is 1. The van der Waals surface area contributed by atoms with Crippen molar-refractivity contribution in [2.24, 2.45) is 7.05 Å². The van der Waals surface area contributed by atoms with Crippen LogP contribution in [-0.2, 0) is 7.05 Å². The van der Waals surface area contributed by atoms with E-state index in [1.807, 2.05) is 0 Å². The zero-order valence-electron chi connectivity index (χ0n) is 5.92. The van der Waals surface area contributed by atoms with Gasteiger partial charge in [0, 0.05) is 13.2 Å². The van der Waals surface area contributed by atoms with Crippen molar-refractivity contribution in [2.75, 3.05) is 0 Å². The zero-order valence-corrected chi connectivity index (χ0v) is 5.92. The predicted molar refractivity (Wildman–Crippen MR) is 36.6 cm³/mol. The molecule has 1 heterocycles. The van der Waals surface area contributed by atoms with Gasteiger partial charge in [0.25, 0.3) is 12.0 Å². The molecule has 0 aliphatic carbocycles. The zero-order chi connectivity index (χ0) is 8.43. The van der Waals surface area contributed by atoms with Crippen molar-refractivity contribution in [1.29, 1.82) is 0 Å². The van der Waals surface area contributed by atoms with Crippen molar-refractivity contribution in [3.8, 4) is 0 Å². The van der Waals surface area contributed by atoms with Crippen LogP contribution in [0, 0.1) is 0 Å². The molecular formula is C7H7F2NO. The third-order valence-corrected chi connectivity index (χ3v) is 1.39. The van der Waals surface area contributed by atoms with Gasteiger partial charge in [-0.25, -0.2) is 8.78 Å². The van der Waals surface area contributed by atoms with E-state index in [-0.39, 0.29) is 0 Å². The molecule has 4 heteroatoms. The van der Waals surface area contributed by atoms with Crippen molar-refractivity contribution in [2.45, 2.75) is 6.43 Å². The summed E-state index contributed by atoms with van der Waals surface area (Å²) in [4.78, 5) is 10.9. The number of rotatable bonds is 1. The molecule has 0 radical (unpaired) electrons. The molecule has 0 aliphatic heterocycles. The van der Waals surface area contributed by atoms with Crippen LogP contribution in [0.4, 0.5) is 8.78 Å². The highest BCUT2D eigenvalue weighted by atomic mass is 19.3. The van der Waals surface area contributed by atoms with Crippen molar-refractivity contribution in [3.63, 3.8) is 0 Å². The van der Waals surface area contributed by atoms with E-state index in [2.05, 4.69) is 0 Å². The van der Waals surface area contributed by atoms with E-state index in [9.17, 15) is 13.6 Å². The Morgan fingerprint density at radius 1 is 1.55 bits per heavy atom. The maximum absolute atomic E-state index is 12.0. The summed E-state index contributed by atoms with van der Waals surface area (Å²) in [5, 5.41) is 0. The molecule has 1 aromatic rings. The number of aromatic nitrogens is 1. The number of nitrogens with zero attached hydrogens (tertiary/aromatic N) is 1. The Labute approximate surface area is 62.1 Å². The van der Waals surface area contributed by atoms with Gasteiger partial charge in [0.1, 0.15) is 0 Å². The van der Waals surface area contributed by atoms with Crippen LogP contribution >= 0.6 is 0 Å². The van der Waals surface area contributed by atoms with Crippen LogP contribution < -0.4 is 5.56 Å². The fraction of sp³-hybridized carbons (Fsp3) is 0.286. The van der Waals surface area contributed by atoms with Gasteiger partial charge in [-0.3, -0.25) is 4.79 Å². The molecule has 60 valence electrons. The Kier molecular flexibility index (Phi) is 2.03. The lowest BCUT2D eigenvalue weighted by atomic mass is 10.3. The minimum absolute atomic E-state index is 0.449. The number of hydrogen-bond donors (Lipinski definition) is 0. The SMILES string of the molecule is Cn1cccc(C(F)F)c1=O. The first-order chi connectivity index (χ1) is 5.13. The summed E-state index contributed by atoms with van der Waals surface area (Å²) in [6, 6.07) is 2.55. The lowest BCUT2D eigenvalue weighted by molar-refractivity contribution is 0.149. The maximum Gasteiger partial charge on any atom is 0.269 e. The third-order valence-electron chi connectivity index (χ3n) is 1.39. The Balaban J connectivity index is 3.28. The topological polar surface area (TPSA) is 22.0 Å². The van der Waals surface area contributed by atoms with E-state index in [1.165, 1.54) is 19.3 Å². The van der Waals surface area contributed by atoms with E-state index < -0.39 is 17.5 Å². The van der Waals surface area contributed by atoms with E-state index in [1.54, 1.807) is 0 Å². The molecule has 0 amide bonds. The van der Waals surface area contributed by atoms with Gasteiger partial charge in [-0.2, -0.15) is 0 Å². The molecule has 0 aliphatic rings. The second-order valence-corrected chi connectivity index (χ2v) is 2.18. The second-order valence-electron chi connectivity index (χ2n) is 2.18. The highest BCUT2D eigenvalue weighted by Crippen LogP contribution is 2.12. The van der Waals surface area contributed by atoms with E-state index in [0.29, 0.717) is 0 Å². The summed E-state index contributed by atoms with van der Waals surface area (Å²) in [7, 11) is 1.44. The normalized spacial score (nSPS) is 10.5. The molecule has 0 saturated carbocycles. The number of alkyl halides is 2. The first-order valence-electron chi connectivity index (χ1n) is 3.06. The van der Waals surface area contributed by atoms with E-state index in [0.717, 1.165) is 10.6 Å². The largest absolute Gasteiger partial charge is 0.318 e. The maximum atomic E-state index is 12.0. The monoisotopic (exact) mass is 159 g/mol. The fourth-order valence-corrected chi connectivity index (χ4v) is 0.784. The summed E-state index contributed by atoms with van der Waals surface area (Å²) in [5.74, 6) is 0. The third kappa shape index (κ3) is 1.45. The number of aryl methyl sites for hydroxylation is 1. The predicted octanol–water partition coefficient (Wildman–Crippen LogP) is 1.32. The van der Waals surface area contributed by atoms with Crippen LogP contribution in [-0.4, -0.2) is 4.57 Å². The molecule has 2 nitrogen and oxygen atoms in total. The summed E-state index contributed by atoms with van der Waals surface area (Å²) < 4.78 is 25.1. The Bertz CT molecular complexity index is 306. The molecule has 0 saturated heterocycles. The Morgan fingerprint density at radius 2 is 2.18 bits per heavy atom. The highest BCUT2D eigenvalue weighted by molar-refractivity contribution is 5.11. The molecule has 1 aromatic heterocycles. The molecule has 11 heavy (non-hydrogen) atoms. The summed E-state index contributed by atoms with van der Waals surface area (Å²) >= 11 is 0. The average molecular weight is 159 g/mol. The van der Waals surface area contributed by atoms with Gasteiger partial charge >= 0.3 is 0 Å². The minimum atomic E-state index is -2.69. The van der Waals surface area contributed by atoms with Crippen molar-refractivity contribution >= 4 is 0 Å². The minimum Gasteiger partial charge on any atom is -0.318 e. The van der Waals surface area contributed by atoms with Gasteiger partial charge in [0.05, 0.1) is 5.56 Å². The van der Waals surface area contributed by atoms with Crippen LogP contribution in [0.5, 0.6) is 0 Å². The average Bonchev–Trinajstić information content (AvgIpc) is 1.94. The van der Waals surface area contributed by atoms with E-state index >= 15 is 0 Å². The van der Waals surface area contributed by atoms with Gasteiger partial charge < -0.3 is 4.57 Å². The molecule has 0 aromatic carbocycles. The van der Waals surface area contributed by atoms with Gasteiger partial charge in [-0.05, 0) is 12.1 Å². The summed E-state index contributed by atoms with van der Waals surface area (Å²) in [6.45, 7) is 0. The van der Waals surface area contributed by atoms with Crippen molar-refractivity contribution in [1.82, 2.24) is 4.57 Å². The fourth-order valence-electron chi connectivity index (χ4n) is 0.784. The van der Waals surface area contributed by atoms with Crippen LogP contribution in [0.3, 0.4) is 0 Å². The second kappa shape index (κ2) is 2.82. The molecule has 0 bridgehead atoms. The van der Waals surface area contributed by atoms with Gasteiger partial charge in [0.15, 0.2) is 0 Å². The van der Waals surface area contributed by atoms with Gasteiger partial charge in [-0.15, -0.1) is 0 Å². The summed E-state index contributed by atoms with van der Waals surface area (Å²) in [6.07, 6.45) is -1.25. The smallest absolute Gasteiger partial charge is 0.269 e. The van der Waals surface area contributed by atoms with Crippen LogP contribution in [0.2, 0.25) is 0 Å². The quantitative estimate of drug-likeness (QED) is 0.605. The Hall–Kier alpha value is -1.19. The molecule has 0 atom stereocenters. The Morgan fingerprint density at radius 3 is 2.64 bits per heavy atom. The summed E-state index contributed by atoms with van der Waals surface area (Å²) in [5.41, 5.74) is -1.09. The molecular weight excluding hydrogens is 152 g/mol. The standard InChI is InChI=1S/C7H7F2NO/c1-10-4-2-3-5(6(8)9)7(10)11/h2-4,6H,1H3. The number of hydrogen-bond acceptors (Lipinski definition) is 1. The van der Waals surface area contributed by atoms with Crippen LogP contribution in [0.1, 0.15) is 12.0 Å². The van der Waals surface area contributed by atoms with E-state index in [4.69, 9.17) is 0 Å². The molecule has 0 unspecified atom stereocenters. The van der Waals surface area contributed by atoms with Crippen molar-refractivity contribution in [3.05, 3.63) is 34.2 Å². The lowest BCUT2D eigenvalue weighted by Crippen LogP contribution is -2.19. The van der Waals surface area contributed by atoms with Crippen LogP contribution in [0.25, 0.3) is 0 Å². The number of halogens is 2.